The van der Waals surface area contributed by atoms with E-state index in [2.05, 4.69) is 5.32 Å². The van der Waals surface area contributed by atoms with Gasteiger partial charge in [-0.1, -0.05) is 11.6 Å². The zero-order chi connectivity index (χ0) is 14.3. The van der Waals surface area contributed by atoms with E-state index in [9.17, 15) is 13.2 Å². The lowest BCUT2D eigenvalue weighted by Gasteiger charge is -2.08. The monoisotopic (exact) mass is 313 g/mol. The van der Waals surface area contributed by atoms with Gasteiger partial charge in [0.05, 0.1) is 11.5 Å². The van der Waals surface area contributed by atoms with E-state index in [4.69, 9.17) is 16.0 Å². The predicted molar refractivity (Wildman–Crippen MR) is 75.7 cm³/mol. The van der Waals surface area contributed by atoms with Gasteiger partial charge in [-0.2, -0.15) is 0 Å². The average Bonchev–Trinajstić information content (AvgIpc) is 2.92. The second kappa shape index (κ2) is 4.79. The smallest absolute Gasteiger partial charge is 0.287 e. The molecule has 7 heteroatoms. The number of sulfone groups is 1. The molecule has 0 bridgehead atoms. The van der Waals surface area contributed by atoms with E-state index in [-0.39, 0.29) is 23.3 Å². The first-order valence-corrected chi connectivity index (χ1v) is 8.33. The molecule has 2 aromatic rings. The number of furan rings is 1. The van der Waals surface area contributed by atoms with Crippen LogP contribution in [-0.4, -0.2) is 31.9 Å². The molecule has 1 atom stereocenters. The Labute approximate surface area is 120 Å². The lowest BCUT2D eigenvalue weighted by molar-refractivity contribution is 0.0915. The van der Waals surface area contributed by atoms with Gasteiger partial charge < -0.3 is 9.73 Å². The van der Waals surface area contributed by atoms with Crippen molar-refractivity contribution in [2.24, 2.45) is 0 Å². The van der Waals surface area contributed by atoms with E-state index in [0.29, 0.717) is 17.0 Å². The van der Waals surface area contributed by atoms with E-state index in [0.717, 1.165) is 5.39 Å². The van der Waals surface area contributed by atoms with Gasteiger partial charge in [-0.25, -0.2) is 8.42 Å². The number of halogens is 1. The van der Waals surface area contributed by atoms with E-state index in [1.165, 1.54) is 0 Å². The van der Waals surface area contributed by atoms with Gasteiger partial charge in [0.15, 0.2) is 15.6 Å². The van der Waals surface area contributed by atoms with Crippen LogP contribution in [0.25, 0.3) is 11.0 Å². The first-order valence-electron chi connectivity index (χ1n) is 6.13. The molecule has 0 saturated carbocycles. The van der Waals surface area contributed by atoms with Gasteiger partial charge in [0, 0.05) is 16.5 Å². The molecule has 0 aliphatic carbocycles. The van der Waals surface area contributed by atoms with Crippen LogP contribution in [0.15, 0.2) is 28.7 Å². The molecule has 5 nitrogen and oxygen atoms in total. The highest BCUT2D eigenvalue weighted by Crippen LogP contribution is 2.23. The standard InChI is InChI=1S/C13H12ClNO4S/c14-9-1-2-11-8(5-9)6-12(19-11)13(16)15-10-3-4-20(17,18)7-10/h1-2,5-6,10H,3-4,7H2,(H,15,16)/t10-/m0/s1. The van der Waals surface area contributed by atoms with Crippen LogP contribution in [-0.2, 0) is 9.84 Å². The number of carbonyl (C=O) groups is 1. The van der Waals surface area contributed by atoms with Gasteiger partial charge in [0.25, 0.3) is 5.91 Å². The number of fused-ring (bicyclic) bond motifs is 1. The number of hydrogen-bond donors (Lipinski definition) is 1. The maximum Gasteiger partial charge on any atom is 0.287 e. The topological polar surface area (TPSA) is 76.4 Å². The van der Waals surface area contributed by atoms with Crippen LogP contribution >= 0.6 is 11.6 Å². The summed E-state index contributed by atoms with van der Waals surface area (Å²) in [5.74, 6) is -0.135. The summed E-state index contributed by atoms with van der Waals surface area (Å²) in [5.41, 5.74) is 0.568. The van der Waals surface area contributed by atoms with Crippen LogP contribution in [0.4, 0.5) is 0 Å². The fourth-order valence-corrected chi connectivity index (χ4v) is 4.15. The minimum Gasteiger partial charge on any atom is -0.451 e. The summed E-state index contributed by atoms with van der Waals surface area (Å²) in [4.78, 5) is 12.0. The molecule has 1 N–H and O–H groups in total. The molecule has 106 valence electrons. The Balaban J connectivity index is 1.79. The van der Waals surface area contributed by atoms with Crippen molar-refractivity contribution >= 4 is 38.3 Å². The predicted octanol–water partition coefficient (Wildman–Crippen LogP) is 2.00. The van der Waals surface area contributed by atoms with Gasteiger partial charge in [0.1, 0.15) is 5.58 Å². The normalized spacial score (nSPS) is 21.1. The van der Waals surface area contributed by atoms with Crippen LogP contribution in [0.3, 0.4) is 0 Å². The first kappa shape index (κ1) is 13.5. The number of hydrogen-bond acceptors (Lipinski definition) is 4. The quantitative estimate of drug-likeness (QED) is 0.920. The highest BCUT2D eigenvalue weighted by molar-refractivity contribution is 7.91. The third-order valence-corrected chi connectivity index (χ3v) is 5.27. The summed E-state index contributed by atoms with van der Waals surface area (Å²) < 4.78 is 28.1. The molecule has 20 heavy (non-hydrogen) atoms. The molecule has 2 heterocycles. The zero-order valence-corrected chi connectivity index (χ0v) is 12.0. The Morgan fingerprint density at radius 1 is 1.35 bits per heavy atom. The molecule has 1 aliphatic heterocycles. The van der Waals surface area contributed by atoms with Crippen molar-refractivity contribution in [2.75, 3.05) is 11.5 Å². The van der Waals surface area contributed by atoms with Crippen molar-refractivity contribution in [3.63, 3.8) is 0 Å². The van der Waals surface area contributed by atoms with Crippen molar-refractivity contribution < 1.29 is 17.6 Å². The minimum atomic E-state index is -3.02. The molecule has 1 fully saturated rings. The number of benzene rings is 1. The third kappa shape index (κ3) is 2.66. The number of rotatable bonds is 2. The maximum atomic E-state index is 12.0. The van der Waals surface area contributed by atoms with Gasteiger partial charge in [-0.3, -0.25) is 4.79 Å². The summed E-state index contributed by atoms with van der Waals surface area (Å²) in [6.45, 7) is 0. The molecule has 3 rings (SSSR count). The van der Waals surface area contributed by atoms with E-state index in [1.807, 2.05) is 0 Å². The van der Waals surface area contributed by atoms with E-state index < -0.39 is 15.7 Å². The summed E-state index contributed by atoms with van der Waals surface area (Å²) in [5, 5.41) is 3.98. The SMILES string of the molecule is O=C(N[C@H]1CCS(=O)(=O)C1)c1cc2cc(Cl)ccc2o1. The number of nitrogens with one attached hydrogen (secondary N) is 1. The molecule has 0 unspecified atom stereocenters. The molecule has 1 saturated heterocycles. The van der Waals surface area contributed by atoms with E-state index in [1.54, 1.807) is 24.3 Å². The van der Waals surface area contributed by atoms with Crippen LogP contribution in [0, 0.1) is 0 Å². The molecule has 0 radical (unpaired) electrons. The highest BCUT2D eigenvalue weighted by atomic mass is 35.5. The third-order valence-electron chi connectivity index (χ3n) is 3.27. The lowest BCUT2D eigenvalue weighted by atomic mass is 10.2. The summed E-state index contributed by atoms with van der Waals surface area (Å²) in [6, 6.07) is 6.33. The van der Waals surface area contributed by atoms with Crippen molar-refractivity contribution in [1.29, 1.82) is 0 Å². The van der Waals surface area contributed by atoms with Crippen LogP contribution in [0.5, 0.6) is 0 Å². The number of amides is 1. The highest BCUT2D eigenvalue weighted by Gasteiger charge is 2.29. The van der Waals surface area contributed by atoms with Crippen molar-refractivity contribution in [3.05, 3.63) is 35.0 Å². The Morgan fingerprint density at radius 2 is 2.15 bits per heavy atom. The van der Waals surface area contributed by atoms with E-state index >= 15 is 0 Å². The molecule has 1 aromatic heterocycles. The second-order valence-corrected chi connectivity index (χ2v) is 7.53. The zero-order valence-electron chi connectivity index (χ0n) is 10.4. The Bertz CT molecular complexity index is 781. The molecular weight excluding hydrogens is 302 g/mol. The largest absolute Gasteiger partial charge is 0.451 e. The van der Waals surface area contributed by atoms with Gasteiger partial charge in [0.2, 0.25) is 0 Å². The summed E-state index contributed by atoms with van der Waals surface area (Å²) >= 11 is 5.87. The van der Waals surface area contributed by atoms with Crippen LogP contribution in [0.1, 0.15) is 17.0 Å². The minimum absolute atomic E-state index is 0.00913. The van der Waals surface area contributed by atoms with Crippen LogP contribution < -0.4 is 5.32 Å². The molecule has 1 aliphatic rings. The molecule has 1 aromatic carbocycles. The average molecular weight is 314 g/mol. The van der Waals surface area contributed by atoms with Crippen LogP contribution in [0.2, 0.25) is 5.02 Å². The Morgan fingerprint density at radius 3 is 2.85 bits per heavy atom. The van der Waals surface area contributed by atoms with Gasteiger partial charge in [-0.15, -0.1) is 0 Å². The maximum absolute atomic E-state index is 12.0. The second-order valence-electron chi connectivity index (χ2n) is 4.87. The van der Waals surface area contributed by atoms with Gasteiger partial charge in [-0.05, 0) is 30.7 Å². The van der Waals surface area contributed by atoms with Gasteiger partial charge >= 0.3 is 0 Å². The summed E-state index contributed by atoms with van der Waals surface area (Å²) in [7, 11) is -3.02. The lowest BCUT2D eigenvalue weighted by Crippen LogP contribution is -2.35. The van der Waals surface area contributed by atoms with Crippen molar-refractivity contribution in [1.82, 2.24) is 5.32 Å². The fraction of sp³-hybridized carbons (Fsp3) is 0.308. The molecule has 0 spiro atoms. The molecule has 1 amide bonds. The van der Waals surface area contributed by atoms with Crippen molar-refractivity contribution in [3.8, 4) is 0 Å². The Hall–Kier alpha value is -1.53. The first-order chi connectivity index (χ1) is 9.43. The fourth-order valence-electron chi connectivity index (χ4n) is 2.29. The molecular formula is C13H12ClNO4S. The van der Waals surface area contributed by atoms with Crippen molar-refractivity contribution in [2.45, 2.75) is 12.5 Å². The summed E-state index contributed by atoms with van der Waals surface area (Å²) in [6.07, 6.45) is 0.445. The Kier molecular flexibility index (Phi) is 3.22. The number of carbonyl (C=O) groups excluding carboxylic acids is 1.